The average molecular weight is 519 g/mol. The Morgan fingerprint density at radius 3 is 2.62 bits per heavy atom. The molecule has 39 heavy (non-hydrogen) atoms. The van der Waals surface area contributed by atoms with Crippen LogP contribution in [0.4, 0.5) is 0 Å². The Morgan fingerprint density at radius 2 is 1.95 bits per heavy atom. The molecule has 4 heterocycles. The Balaban J connectivity index is 1.60. The largest absolute Gasteiger partial charge is 0.497 e. The van der Waals surface area contributed by atoms with Crippen molar-refractivity contribution in [3.8, 4) is 17.9 Å². The van der Waals surface area contributed by atoms with Crippen LogP contribution in [0.2, 0.25) is 0 Å². The number of piperidine rings is 3. The van der Waals surface area contributed by atoms with Gasteiger partial charge in [-0.15, -0.1) is 6.58 Å². The number of hydrogen-bond acceptors (Lipinski definition) is 7. The maximum absolute atomic E-state index is 9.93. The number of benzene rings is 2. The summed E-state index contributed by atoms with van der Waals surface area (Å²) in [6.07, 6.45) is 6.08. The van der Waals surface area contributed by atoms with E-state index in [1.54, 1.807) is 7.11 Å². The fourth-order valence-corrected chi connectivity index (χ4v) is 6.17. The highest BCUT2D eigenvalue weighted by Crippen LogP contribution is 2.42. The summed E-state index contributed by atoms with van der Waals surface area (Å²) in [7, 11) is 1.66. The van der Waals surface area contributed by atoms with Gasteiger partial charge in [0.25, 0.3) is 0 Å². The van der Waals surface area contributed by atoms with E-state index in [1.807, 2.05) is 67.7 Å². The van der Waals surface area contributed by atoms with Gasteiger partial charge in [-0.25, -0.2) is 0 Å². The number of rotatable bonds is 9. The molecule has 6 rings (SSSR count). The lowest BCUT2D eigenvalue weighted by Crippen LogP contribution is -2.57. The van der Waals surface area contributed by atoms with Crippen molar-refractivity contribution in [2.24, 2.45) is 11.8 Å². The highest BCUT2D eigenvalue weighted by atomic mass is 16.5. The summed E-state index contributed by atoms with van der Waals surface area (Å²) >= 11 is 0. The van der Waals surface area contributed by atoms with E-state index in [9.17, 15) is 10.5 Å². The predicted molar refractivity (Wildman–Crippen MR) is 152 cm³/mol. The quantitative estimate of drug-likeness (QED) is 0.290. The van der Waals surface area contributed by atoms with Crippen LogP contribution in [-0.2, 0) is 0 Å². The lowest BCUT2D eigenvalue weighted by molar-refractivity contribution is 0.00247. The van der Waals surface area contributed by atoms with Crippen molar-refractivity contribution in [1.29, 1.82) is 10.5 Å². The monoisotopic (exact) mass is 518 g/mol. The first-order valence-corrected chi connectivity index (χ1v) is 13.5. The first-order valence-electron chi connectivity index (χ1n) is 13.5. The second kappa shape index (κ2) is 11.6. The standard InChI is InChI=1S/C32H34N6O/c1-4-22-20-38-15-13-24(22)16-30(38)31(27-12-14-35-29-11-10-26(39-3)17-28(27)29)37-32(25(18-33)19-34)36-21(2)23-8-6-5-7-9-23/h4-12,14,17,21-22,24,30-31,36-37H,1,13,15-16,20H2,2-3H3/t21-,22?,24?,30?,31-/m0/s1. The number of ether oxygens (including phenoxy) is 1. The van der Waals surface area contributed by atoms with Gasteiger partial charge in [-0.1, -0.05) is 36.4 Å². The summed E-state index contributed by atoms with van der Waals surface area (Å²) in [6.45, 7) is 8.10. The van der Waals surface area contributed by atoms with Crippen molar-refractivity contribution >= 4 is 10.9 Å². The first kappa shape index (κ1) is 26.3. The summed E-state index contributed by atoms with van der Waals surface area (Å²) in [5.41, 5.74) is 3.03. The molecule has 0 spiro atoms. The van der Waals surface area contributed by atoms with Crippen LogP contribution in [0.5, 0.6) is 5.75 Å². The van der Waals surface area contributed by atoms with Gasteiger partial charge in [0.15, 0.2) is 5.57 Å². The van der Waals surface area contributed by atoms with Crippen LogP contribution >= 0.6 is 0 Å². The lowest BCUT2D eigenvalue weighted by Gasteiger charge is -2.52. The topological polar surface area (TPSA) is 97.0 Å². The van der Waals surface area contributed by atoms with Gasteiger partial charge in [-0.2, -0.15) is 10.5 Å². The third kappa shape index (κ3) is 5.32. The van der Waals surface area contributed by atoms with Crippen molar-refractivity contribution in [3.63, 3.8) is 0 Å². The van der Waals surface area contributed by atoms with Crippen molar-refractivity contribution < 1.29 is 4.74 Å². The fourth-order valence-electron chi connectivity index (χ4n) is 6.17. The summed E-state index contributed by atoms with van der Waals surface area (Å²) in [6, 6.07) is 22.0. The van der Waals surface area contributed by atoms with Crippen molar-refractivity contribution in [1.82, 2.24) is 20.5 Å². The van der Waals surface area contributed by atoms with Crippen LogP contribution in [-0.4, -0.2) is 36.1 Å². The van der Waals surface area contributed by atoms with Gasteiger partial charge >= 0.3 is 0 Å². The minimum absolute atomic E-state index is 0.0265. The lowest BCUT2D eigenvalue weighted by atomic mass is 9.73. The number of nitrogens with zero attached hydrogens (tertiary/aromatic N) is 4. The Hall–Kier alpha value is -4.33. The van der Waals surface area contributed by atoms with E-state index < -0.39 is 0 Å². The number of nitriles is 2. The third-order valence-electron chi connectivity index (χ3n) is 8.29. The van der Waals surface area contributed by atoms with Gasteiger partial charge in [0.2, 0.25) is 0 Å². The second-order valence-corrected chi connectivity index (χ2v) is 10.4. The van der Waals surface area contributed by atoms with Crippen LogP contribution in [0, 0.1) is 34.5 Å². The number of allylic oxidation sites excluding steroid dienone is 1. The molecule has 3 aliphatic heterocycles. The van der Waals surface area contributed by atoms with E-state index in [4.69, 9.17) is 4.74 Å². The second-order valence-electron chi connectivity index (χ2n) is 10.4. The Bertz CT molecular complexity index is 1440. The molecule has 4 unspecified atom stereocenters. The smallest absolute Gasteiger partial charge is 0.169 e. The highest BCUT2D eigenvalue weighted by Gasteiger charge is 2.43. The minimum Gasteiger partial charge on any atom is -0.497 e. The van der Waals surface area contributed by atoms with Crippen molar-refractivity contribution in [2.45, 2.75) is 37.9 Å². The molecule has 2 N–H and O–H groups in total. The van der Waals surface area contributed by atoms with E-state index >= 15 is 0 Å². The zero-order valence-electron chi connectivity index (χ0n) is 22.5. The van der Waals surface area contributed by atoms with Gasteiger partial charge in [0.05, 0.1) is 18.7 Å². The van der Waals surface area contributed by atoms with E-state index in [0.717, 1.165) is 53.7 Å². The van der Waals surface area contributed by atoms with Gasteiger partial charge in [-0.05, 0) is 73.5 Å². The molecule has 0 radical (unpaired) electrons. The molecule has 0 aliphatic carbocycles. The summed E-state index contributed by atoms with van der Waals surface area (Å²) in [5, 5.41) is 28.0. The molecule has 2 bridgehead atoms. The number of hydrogen-bond donors (Lipinski definition) is 2. The van der Waals surface area contributed by atoms with E-state index in [2.05, 4.69) is 45.3 Å². The molecule has 3 saturated heterocycles. The summed E-state index contributed by atoms with van der Waals surface area (Å²) in [4.78, 5) is 7.15. The van der Waals surface area contributed by atoms with Gasteiger partial charge in [0, 0.05) is 30.2 Å². The van der Waals surface area contributed by atoms with Gasteiger partial charge < -0.3 is 15.4 Å². The summed E-state index contributed by atoms with van der Waals surface area (Å²) < 4.78 is 5.56. The number of nitrogens with one attached hydrogen (secondary N) is 2. The van der Waals surface area contributed by atoms with E-state index in [1.165, 1.54) is 0 Å². The predicted octanol–water partition coefficient (Wildman–Crippen LogP) is 5.38. The van der Waals surface area contributed by atoms with Crippen LogP contribution in [0.1, 0.15) is 43.0 Å². The number of fused-ring (bicyclic) bond motifs is 4. The van der Waals surface area contributed by atoms with Crippen LogP contribution in [0.3, 0.4) is 0 Å². The van der Waals surface area contributed by atoms with Gasteiger partial charge in [-0.3, -0.25) is 9.88 Å². The third-order valence-corrected chi connectivity index (χ3v) is 8.29. The Kier molecular flexibility index (Phi) is 7.81. The minimum atomic E-state index is -0.196. The zero-order valence-corrected chi connectivity index (χ0v) is 22.5. The maximum atomic E-state index is 9.93. The van der Waals surface area contributed by atoms with Crippen molar-refractivity contribution in [3.05, 3.63) is 96.0 Å². The molecule has 6 atom stereocenters. The first-order chi connectivity index (χ1) is 19.1. The molecule has 198 valence electrons. The van der Waals surface area contributed by atoms with Crippen LogP contribution < -0.4 is 15.4 Å². The SMILES string of the molecule is C=CC1CN2CCC1CC2[C@@H](NC(N[C@@H](C)c1ccccc1)=C(C#N)C#N)c1ccnc2ccc(OC)cc12. The molecular weight excluding hydrogens is 484 g/mol. The van der Waals surface area contributed by atoms with Gasteiger partial charge in [0.1, 0.15) is 23.7 Å². The fraction of sp³-hybridized carbons (Fsp3) is 0.344. The van der Waals surface area contributed by atoms with Crippen LogP contribution in [0.25, 0.3) is 10.9 Å². The molecule has 3 aromatic rings. The number of pyridine rings is 1. The van der Waals surface area contributed by atoms with E-state index in [-0.39, 0.29) is 23.7 Å². The maximum Gasteiger partial charge on any atom is 0.169 e. The molecule has 3 aliphatic rings. The van der Waals surface area contributed by atoms with Crippen LogP contribution in [0.15, 0.2) is 84.8 Å². The molecular formula is C32H34N6O. The highest BCUT2D eigenvalue weighted by molar-refractivity contribution is 5.84. The molecule has 3 fully saturated rings. The molecule has 1 aromatic heterocycles. The molecule has 7 nitrogen and oxygen atoms in total. The normalized spacial score (nSPS) is 23.1. The Labute approximate surface area is 230 Å². The molecule has 0 amide bonds. The number of aromatic nitrogens is 1. The van der Waals surface area contributed by atoms with Crippen molar-refractivity contribution in [2.75, 3.05) is 20.2 Å². The molecule has 0 saturated carbocycles. The number of methoxy groups -OCH3 is 1. The molecule has 2 aromatic carbocycles. The van der Waals surface area contributed by atoms with E-state index in [0.29, 0.717) is 17.7 Å². The summed E-state index contributed by atoms with van der Waals surface area (Å²) in [5.74, 6) is 2.23. The average Bonchev–Trinajstić information content (AvgIpc) is 3.00. The molecule has 7 heteroatoms. The zero-order chi connectivity index (χ0) is 27.4. The Morgan fingerprint density at radius 1 is 1.15 bits per heavy atom.